The molecule has 1 amide bonds. The normalized spacial score (nSPS) is 26.1. The number of nitrogens with zero attached hydrogens (tertiary/aromatic N) is 2. The molecule has 2 heterocycles. The number of carbonyl (C=O) groups excluding carboxylic acids is 1. The van der Waals surface area contributed by atoms with E-state index < -0.39 is 0 Å². The minimum atomic E-state index is -0.0123. The molecule has 2 atom stereocenters. The van der Waals surface area contributed by atoms with Gasteiger partial charge >= 0.3 is 0 Å². The van der Waals surface area contributed by atoms with Crippen LogP contribution in [0.15, 0.2) is 24.3 Å². The summed E-state index contributed by atoms with van der Waals surface area (Å²) in [7, 11) is 0. The zero-order valence-electron chi connectivity index (χ0n) is 12.5. The summed E-state index contributed by atoms with van der Waals surface area (Å²) in [6.07, 6.45) is 1.08. The van der Waals surface area contributed by atoms with Crippen molar-refractivity contribution in [2.75, 3.05) is 37.6 Å². The van der Waals surface area contributed by atoms with Gasteiger partial charge in [-0.25, -0.2) is 0 Å². The molecule has 5 nitrogen and oxygen atoms in total. The summed E-state index contributed by atoms with van der Waals surface area (Å²) >= 11 is 0. The maximum Gasteiger partial charge on any atom is 0.240 e. The van der Waals surface area contributed by atoms with E-state index in [2.05, 4.69) is 17.1 Å². The Morgan fingerprint density at radius 1 is 1.24 bits per heavy atom. The standard InChI is InChI=1S/C16H23N3O2/c1-12-6-7-17-15(12)16(21)19-10-8-18(9-11-19)13-4-2-3-5-14(13)20/h2-5,12,15,17,20H,6-11H2,1H3. The van der Waals surface area contributed by atoms with Crippen LogP contribution >= 0.6 is 0 Å². The van der Waals surface area contributed by atoms with Crippen LogP contribution in [0.2, 0.25) is 0 Å². The third-order valence-electron chi connectivity index (χ3n) is 4.61. The zero-order chi connectivity index (χ0) is 14.8. The first kappa shape index (κ1) is 14.2. The van der Waals surface area contributed by atoms with E-state index in [1.54, 1.807) is 6.07 Å². The molecule has 2 N–H and O–H groups in total. The van der Waals surface area contributed by atoms with Crippen molar-refractivity contribution in [1.82, 2.24) is 10.2 Å². The van der Waals surface area contributed by atoms with Crippen LogP contribution in [0.25, 0.3) is 0 Å². The maximum atomic E-state index is 12.5. The molecular weight excluding hydrogens is 266 g/mol. The minimum Gasteiger partial charge on any atom is -0.506 e. The Morgan fingerprint density at radius 2 is 1.95 bits per heavy atom. The number of para-hydroxylation sites is 2. The number of rotatable bonds is 2. The molecule has 0 aromatic heterocycles. The van der Waals surface area contributed by atoms with Crippen LogP contribution in [0.4, 0.5) is 5.69 Å². The number of phenols is 1. The first-order chi connectivity index (χ1) is 10.2. The Hall–Kier alpha value is -1.75. The quantitative estimate of drug-likeness (QED) is 0.854. The summed E-state index contributed by atoms with van der Waals surface area (Å²) in [5, 5.41) is 13.2. The van der Waals surface area contributed by atoms with Crippen LogP contribution in [0.1, 0.15) is 13.3 Å². The molecule has 5 heteroatoms. The van der Waals surface area contributed by atoms with Gasteiger partial charge in [0.25, 0.3) is 0 Å². The van der Waals surface area contributed by atoms with Gasteiger partial charge in [0.2, 0.25) is 5.91 Å². The largest absolute Gasteiger partial charge is 0.506 e. The lowest BCUT2D eigenvalue weighted by molar-refractivity contribution is -0.134. The van der Waals surface area contributed by atoms with Gasteiger partial charge in [-0.1, -0.05) is 19.1 Å². The van der Waals surface area contributed by atoms with Crippen LogP contribution < -0.4 is 10.2 Å². The van der Waals surface area contributed by atoms with Crippen molar-refractivity contribution in [2.24, 2.45) is 5.92 Å². The smallest absolute Gasteiger partial charge is 0.240 e. The second-order valence-electron chi connectivity index (χ2n) is 6.00. The molecule has 2 fully saturated rings. The van der Waals surface area contributed by atoms with Gasteiger partial charge in [-0.05, 0) is 31.0 Å². The van der Waals surface area contributed by atoms with Crippen molar-refractivity contribution in [3.05, 3.63) is 24.3 Å². The van der Waals surface area contributed by atoms with Gasteiger partial charge in [0.15, 0.2) is 0 Å². The number of hydrogen-bond donors (Lipinski definition) is 2. The van der Waals surface area contributed by atoms with E-state index in [4.69, 9.17) is 0 Å². The lowest BCUT2D eigenvalue weighted by Crippen LogP contribution is -2.54. The Morgan fingerprint density at radius 3 is 2.57 bits per heavy atom. The van der Waals surface area contributed by atoms with Gasteiger partial charge in [0.05, 0.1) is 11.7 Å². The molecule has 21 heavy (non-hydrogen) atoms. The molecule has 2 unspecified atom stereocenters. The molecule has 2 aliphatic rings. The summed E-state index contributed by atoms with van der Waals surface area (Å²) in [5.74, 6) is 0.967. The third-order valence-corrected chi connectivity index (χ3v) is 4.61. The molecule has 114 valence electrons. The SMILES string of the molecule is CC1CCNC1C(=O)N1CCN(c2ccccc2O)CC1. The van der Waals surface area contributed by atoms with Gasteiger partial charge in [0, 0.05) is 26.2 Å². The fraction of sp³-hybridized carbons (Fsp3) is 0.562. The predicted molar refractivity (Wildman–Crippen MR) is 82.5 cm³/mol. The number of hydrogen-bond acceptors (Lipinski definition) is 4. The molecule has 0 radical (unpaired) electrons. The second kappa shape index (κ2) is 5.93. The van der Waals surface area contributed by atoms with Crippen molar-refractivity contribution < 1.29 is 9.90 Å². The highest BCUT2D eigenvalue weighted by Gasteiger charge is 2.33. The van der Waals surface area contributed by atoms with Gasteiger partial charge < -0.3 is 20.2 Å². The van der Waals surface area contributed by atoms with E-state index in [1.807, 2.05) is 23.1 Å². The lowest BCUT2D eigenvalue weighted by atomic mass is 10.0. The molecule has 2 aliphatic heterocycles. The number of carbonyl (C=O) groups is 1. The number of phenolic OH excluding ortho intramolecular Hbond substituents is 1. The summed E-state index contributed by atoms with van der Waals surface area (Å²) in [6.45, 7) is 6.06. The predicted octanol–water partition coefficient (Wildman–Crippen LogP) is 1.04. The van der Waals surface area contributed by atoms with E-state index in [0.717, 1.165) is 44.8 Å². The van der Waals surface area contributed by atoms with Crippen molar-refractivity contribution in [3.8, 4) is 5.75 Å². The minimum absolute atomic E-state index is 0.0123. The van der Waals surface area contributed by atoms with E-state index in [-0.39, 0.29) is 11.9 Å². The van der Waals surface area contributed by atoms with Crippen molar-refractivity contribution in [1.29, 1.82) is 0 Å². The molecule has 1 aromatic carbocycles. The van der Waals surface area contributed by atoms with E-state index >= 15 is 0 Å². The van der Waals surface area contributed by atoms with Crippen molar-refractivity contribution in [3.63, 3.8) is 0 Å². The highest BCUT2D eigenvalue weighted by atomic mass is 16.3. The van der Waals surface area contributed by atoms with E-state index in [0.29, 0.717) is 11.7 Å². The Balaban J connectivity index is 1.60. The molecule has 1 aromatic rings. The van der Waals surface area contributed by atoms with Crippen LogP contribution in [0, 0.1) is 5.92 Å². The van der Waals surface area contributed by atoms with Crippen LogP contribution in [0.5, 0.6) is 5.75 Å². The molecule has 0 spiro atoms. The molecule has 0 aliphatic carbocycles. The van der Waals surface area contributed by atoms with Gasteiger partial charge in [-0.2, -0.15) is 0 Å². The molecular formula is C16H23N3O2. The number of benzene rings is 1. The topological polar surface area (TPSA) is 55.8 Å². The summed E-state index contributed by atoms with van der Waals surface area (Å²) in [4.78, 5) is 16.6. The first-order valence-electron chi connectivity index (χ1n) is 7.72. The fourth-order valence-corrected chi connectivity index (χ4v) is 3.26. The fourth-order valence-electron chi connectivity index (χ4n) is 3.26. The molecule has 3 rings (SSSR count). The summed E-state index contributed by atoms with van der Waals surface area (Å²) in [5.41, 5.74) is 0.858. The lowest BCUT2D eigenvalue weighted by Gasteiger charge is -2.37. The second-order valence-corrected chi connectivity index (χ2v) is 6.00. The Labute approximate surface area is 125 Å². The molecule has 2 saturated heterocycles. The van der Waals surface area contributed by atoms with Crippen molar-refractivity contribution >= 4 is 11.6 Å². The monoisotopic (exact) mass is 289 g/mol. The summed E-state index contributed by atoms with van der Waals surface area (Å²) in [6, 6.07) is 7.37. The summed E-state index contributed by atoms with van der Waals surface area (Å²) < 4.78 is 0. The van der Waals surface area contributed by atoms with E-state index in [9.17, 15) is 9.90 Å². The Kier molecular flexibility index (Phi) is 4.01. The number of piperazine rings is 1. The molecule has 0 bridgehead atoms. The average Bonchev–Trinajstić information content (AvgIpc) is 2.93. The highest BCUT2D eigenvalue weighted by Crippen LogP contribution is 2.27. The Bertz CT molecular complexity index is 512. The van der Waals surface area contributed by atoms with Crippen LogP contribution in [-0.4, -0.2) is 54.7 Å². The van der Waals surface area contributed by atoms with Gasteiger partial charge in [-0.3, -0.25) is 4.79 Å². The average molecular weight is 289 g/mol. The number of amides is 1. The number of nitrogens with one attached hydrogen (secondary N) is 1. The third kappa shape index (κ3) is 2.83. The van der Waals surface area contributed by atoms with Crippen LogP contribution in [0.3, 0.4) is 0 Å². The van der Waals surface area contributed by atoms with Crippen LogP contribution in [-0.2, 0) is 4.79 Å². The highest BCUT2D eigenvalue weighted by molar-refractivity contribution is 5.83. The number of anilines is 1. The number of aromatic hydroxyl groups is 1. The van der Waals surface area contributed by atoms with Gasteiger partial charge in [-0.15, -0.1) is 0 Å². The first-order valence-corrected chi connectivity index (χ1v) is 7.72. The zero-order valence-corrected chi connectivity index (χ0v) is 12.5. The molecule has 0 saturated carbocycles. The van der Waals surface area contributed by atoms with E-state index in [1.165, 1.54) is 0 Å². The maximum absolute atomic E-state index is 12.5. The van der Waals surface area contributed by atoms with Crippen molar-refractivity contribution in [2.45, 2.75) is 19.4 Å². The van der Waals surface area contributed by atoms with Gasteiger partial charge in [0.1, 0.15) is 5.75 Å².